The van der Waals surface area contributed by atoms with E-state index in [0.717, 1.165) is 57.3 Å². The lowest BCUT2D eigenvalue weighted by molar-refractivity contribution is 0.0891. The van der Waals surface area contributed by atoms with Gasteiger partial charge in [0.25, 0.3) is 0 Å². The minimum absolute atomic E-state index is 0. The van der Waals surface area contributed by atoms with Crippen molar-refractivity contribution >= 4 is 29.9 Å². The van der Waals surface area contributed by atoms with Crippen molar-refractivity contribution in [2.24, 2.45) is 12.0 Å². The number of aryl methyl sites for hydroxylation is 1. The number of rotatable bonds is 8. The fourth-order valence-electron chi connectivity index (χ4n) is 3.76. The molecule has 0 radical (unpaired) electrons. The van der Waals surface area contributed by atoms with Crippen LogP contribution in [0, 0.1) is 0 Å². The Hall–Kier alpha value is -1.65. The van der Waals surface area contributed by atoms with Crippen molar-refractivity contribution in [2.75, 3.05) is 46.3 Å². The van der Waals surface area contributed by atoms with Crippen LogP contribution in [0.2, 0.25) is 0 Å². The van der Waals surface area contributed by atoms with Crippen molar-refractivity contribution in [3.05, 3.63) is 53.9 Å². The van der Waals surface area contributed by atoms with Crippen molar-refractivity contribution in [1.82, 2.24) is 30.2 Å². The van der Waals surface area contributed by atoms with Crippen molar-refractivity contribution in [3.63, 3.8) is 0 Å². The van der Waals surface area contributed by atoms with Gasteiger partial charge in [-0.05, 0) is 32.0 Å². The Kier molecular flexibility index (Phi) is 10.6. The molecule has 1 saturated heterocycles. The fourth-order valence-corrected chi connectivity index (χ4v) is 3.76. The zero-order chi connectivity index (χ0) is 20.5. The van der Waals surface area contributed by atoms with Crippen molar-refractivity contribution in [1.29, 1.82) is 0 Å². The second-order valence-corrected chi connectivity index (χ2v) is 7.65. The van der Waals surface area contributed by atoms with E-state index in [1.54, 1.807) is 0 Å². The molecular weight excluding hydrogens is 489 g/mol. The van der Waals surface area contributed by atoms with E-state index in [2.05, 4.69) is 74.8 Å². The zero-order valence-electron chi connectivity index (χ0n) is 18.4. The number of benzene rings is 1. The quantitative estimate of drug-likeness (QED) is 0.240. The average Bonchev–Trinajstić information content (AvgIpc) is 3.15. The van der Waals surface area contributed by atoms with Gasteiger partial charge in [-0.25, -0.2) is 4.99 Å². The third-order valence-electron chi connectivity index (χ3n) is 5.46. The molecule has 0 spiro atoms. The highest BCUT2D eigenvalue weighted by molar-refractivity contribution is 14.0. The molecule has 8 heteroatoms. The summed E-state index contributed by atoms with van der Waals surface area (Å²) in [7, 11) is 4.17. The van der Waals surface area contributed by atoms with Crippen LogP contribution in [0.3, 0.4) is 0 Å². The first-order valence-electron chi connectivity index (χ1n) is 10.6. The number of guanidine groups is 1. The third kappa shape index (κ3) is 7.24. The second kappa shape index (κ2) is 12.9. The van der Waals surface area contributed by atoms with Gasteiger partial charge in [-0.3, -0.25) is 9.58 Å². The molecule has 2 N–H and O–H groups in total. The number of halogens is 1. The summed E-state index contributed by atoms with van der Waals surface area (Å²) >= 11 is 0. The highest BCUT2D eigenvalue weighted by atomic mass is 127. The Morgan fingerprint density at radius 2 is 1.93 bits per heavy atom. The van der Waals surface area contributed by atoms with Crippen molar-refractivity contribution in [3.8, 4) is 0 Å². The van der Waals surface area contributed by atoms with E-state index in [0.29, 0.717) is 12.6 Å². The zero-order valence-corrected chi connectivity index (χ0v) is 20.8. The van der Waals surface area contributed by atoms with Crippen LogP contribution < -0.4 is 10.6 Å². The molecule has 166 valence electrons. The number of likely N-dealkylation sites (N-methyl/N-ethyl adjacent to an activating group) is 1. The first-order chi connectivity index (χ1) is 14.2. The standard InChI is InChI=1S/C22H35N7.HI/c1-4-23-22(25-17-20-11-13-26-28(20)3)24-12-8-14-29-16-15-27(2)18-21(29)19-9-6-5-7-10-19;/h5-7,9-11,13,21H,4,8,12,14-18H2,1-3H3,(H2,23,24,25);1H. The van der Waals surface area contributed by atoms with E-state index in [1.807, 2.05) is 24.0 Å². The normalized spacial score (nSPS) is 18.1. The van der Waals surface area contributed by atoms with Gasteiger partial charge >= 0.3 is 0 Å². The van der Waals surface area contributed by atoms with Crippen LogP contribution in [0.25, 0.3) is 0 Å². The summed E-state index contributed by atoms with van der Waals surface area (Å²) in [6.45, 7) is 8.90. The molecule has 0 bridgehead atoms. The van der Waals surface area contributed by atoms with Gasteiger partial charge in [0.2, 0.25) is 0 Å². The maximum Gasteiger partial charge on any atom is 0.191 e. The number of hydrogen-bond acceptors (Lipinski definition) is 4. The van der Waals surface area contributed by atoms with Crippen molar-refractivity contribution in [2.45, 2.75) is 25.9 Å². The number of nitrogens with one attached hydrogen (secondary N) is 2. The molecule has 2 aromatic rings. The Labute approximate surface area is 197 Å². The lowest BCUT2D eigenvalue weighted by Crippen LogP contribution is -2.47. The lowest BCUT2D eigenvalue weighted by Gasteiger charge is -2.40. The summed E-state index contributed by atoms with van der Waals surface area (Å²) in [5, 5.41) is 11.0. The molecule has 7 nitrogen and oxygen atoms in total. The number of hydrogen-bond donors (Lipinski definition) is 2. The molecule has 0 amide bonds. The summed E-state index contributed by atoms with van der Waals surface area (Å²) in [6.07, 6.45) is 2.90. The largest absolute Gasteiger partial charge is 0.357 e. The lowest BCUT2D eigenvalue weighted by atomic mass is 10.0. The van der Waals surface area contributed by atoms with Gasteiger partial charge in [-0.1, -0.05) is 30.3 Å². The monoisotopic (exact) mass is 525 g/mol. The molecule has 1 aromatic heterocycles. The molecular formula is C22H36IN7. The van der Waals surface area contributed by atoms with Crippen LogP contribution in [0.15, 0.2) is 47.6 Å². The van der Waals surface area contributed by atoms with Crippen molar-refractivity contribution < 1.29 is 0 Å². The Balaban J connectivity index is 0.00000320. The summed E-state index contributed by atoms with van der Waals surface area (Å²) in [5.74, 6) is 0.867. The maximum absolute atomic E-state index is 4.69. The molecule has 1 aliphatic rings. The van der Waals surface area contributed by atoms with E-state index in [-0.39, 0.29) is 24.0 Å². The van der Waals surface area contributed by atoms with E-state index >= 15 is 0 Å². The van der Waals surface area contributed by atoms with Crippen LogP contribution in [-0.2, 0) is 13.6 Å². The molecule has 30 heavy (non-hydrogen) atoms. The topological polar surface area (TPSA) is 60.7 Å². The summed E-state index contributed by atoms with van der Waals surface area (Å²) in [6, 6.07) is 13.4. The Bertz CT molecular complexity index is 762. The predicted octanol–water partition coefficient (Wildman–Crippen LogP) is 2.47. The van der Waals surface area contributed by atoms with Crippen LogP contribution in [0.1, 0.15) is 30.6 Å². The summed E-state index contributed by atoms with van der Waals surface area (Å²) in [4.78, 5) is 9.74. The minimum atomic E-state index is 0. The van der Waals surface area contributed by atoms with Crippen LogP contribution in [0.4, 0.5) is 0 Å². The van der Waals surface area contributed by atoms with Crippen LogP contribution in [-0.4, -0.2) is 71.9 Å². The molecule has 1 fully saturated rings. The number of aliphatic imine (C=N–C) groups is 1. The molecule has 2 heterocycles. The average molecular weight is 525 g/mol. The molecule has 1 atom stereocenters. The molecule has 0 saturated carbocycles. The van der Waals surface area contributed by atoms with Crippen LogP contribution >= 0.6 is 24.0 Å². The first kappa shape index (κ1) is 24.6. The summed E-state index contributed by atoms with van der Waals surface area (Å²) in [5.41, 5.74) is 2.52. The highest BCUT2D eigenvalue weighted by Gasteiger charge is 2.25. The van der Waals surface area contributed by atoms with E-state index < -0.39 is 0 Å². The molecule has 1 aromatic carbocycles. The van der Waals surface area contributed by atoms with Gasteiger partial charge in [-0.15, -0.1) is 24.0 Å². The molecule has 0 aliphatic carbocycles. The van der Waals surface area contributed by atoms with Gasteiger partial charge in [0.1, 0.15) is 0 Å². The number of aromatic nitrogens is 2. The first-order valence-corrected chi connectivity index (χ1v) is 10.6. The van der Waals surface area contributed by atoms with E-state index in [1.165, 1.54) is 5.56 Å². The van der Waals surface area contributed by atoms with E-state index in [4.69, 9.17) is 0 Å². The van der Waals surface area contributed by atoms with Gasteiger partial charge in [0, 0.05) is 58.6 Å². The maximum atomic E-state index is 4.69. The van der Waals surface area contributed by atoms with Gasteiger partial charge in [-0.2, -0.15) is 5.10 Å². The molecule has 3 rings (SSSR count). The van der Waals surface area contributed by atoms with Gasteiger partial charge in [0.15, 0.2) is 5.96 Å². The smallest absolute Gasteiger partial charge is 0.191 e. The Morgan fingerprint density at radius 1 is 1.13 bits per heavy atom. The highest BCUT2D eigenvalue weighted by Crippen LogP contribution is 2.24. The molecule has 1 unspecified atom stereocenters. The third-order valence-corrected chi connectivity index (χ3v) is 5.46. The Morgan fingerprint density at radius 3 is 2.63 bits per heavy atom. The minimum Gasteiger partial charge on any atom is -0.357 e. The van der Waals surface area contributed by atoms with Gasteiger partial charge in [0.05, 0.1) is 12.2 Å². The molecule has 1 aliphatic heterocycles. The summed E-state index contributed by atoms with van der Waals surface area (Å²) < 4.78 is 1.87. The van der Waals surface area contributed by atoms with E-state index in [9.17, 15) is 0 Å². The second-order valence-electron chi connectivity index (χ2n) is 7.65. The van der Waals surface area contributed by atoms with Crippen LogP contribution in [0.5, 0.6) is 0 Å². The number of piperazine rings is 1. The number of nitrogens with zero attached hydrogens (tertiary/aromatic N) is 5. The SMILES string of the molecule is CCNC(=NCc1ccnn1C)NCCCN1CCN(C)CC1c1ccccc1.I. The fraction of sp³-hybridized carbons (Fsp3) is 0.545. The predicted molar refractivity (Wildman–Crippen MR) is 134 cm³/mol. The van der Waals surface area contributed by atoms with Gasteiger partial charge < -0.3 is 15.5 Å².